The van der Waals surface area contributed by atoms with Crippen molar-refractivity contribution in [3.05, 3.63) is 23.8 Å². The monoisotopic (exact) mass is 376 g/mol. The van der Waals surface area contributed by atoms with Gasteiger partial charge < -0.3 is 4.98 Å². The summed E-state index contributed by atoms with van der Waals surface area (Å²) in [6, 6.07) is 7.99. The molecular weight excluding hydrogens is 364 g/mol. The smallest absolute Gasteiger partial charge is 0.236 e. The third-order valence-corrected chi connectivity index (χ3v) is 5.58. The third-order valence-electron chi connectivity index (χ3n) is 2.87. The van der Waals surface area contributed by atoms with Gasteiger partial charge in [0.15, 0.2) is 9.50 Å². The average molecular weight is 376 g/mol. The lowest BCUT2D eigenvalue weighted by molar-refractivity contribution is -0.113. The van der Waals surface area contributed by atoms with E-state index in [1.54, 1.807) is 0 Å². The Morgan fingerprint density at radius 3 is 3.12 bits per heavy atom. The summed E-state index contributed by atoms with van der Waals surface area (Å²) in [7, 11) is 0. The van der Waals surface area contributed by atoms with Crippen molar-refractivity contribution in [2.75, 3.05) is 16.8 Å². The van der Waals surface area contributed by atoms with Crippen LogP contribution in [0.25, 0.3) is 11.0 Å². The molecule has 1 aromatic carbocycles. The highest BCUT2D eigenvalue weighted by atomic mass is 32.2. The van der Waals surface area contributed by atoms with E-state index in [-0.39, 0.29) is 11.7 Å². The van der Waals surface area contributed by atoms with E-state index in [0.29, 0.717) is 20.4 Å². The standard InChI is InChI=1S/C14H12N6OS3/c1-8-2-3-9-10(6-8)17-12(16-9)23-7-11(21)18-13-19-20-14(24-13)22-5-4-15/h2-3,6H,5,7H2,1H3,(H,16,17)(H,18,19,21). The first-order valence-electron chi connectivity index (χ1n) is 6.86. The van der Waals surface area contributed by atoms with Crippen molar-refractivity contribution in [3.63, 3.8) is 0 Å². The predicted molar refractivity (Wildman–Crippen MR) is 96.4 cm³/mol. The quantitative estimate of drug-likeness (QED) is 0.503. The highest BCUT2D eigenvalue weighted by molar-refractivity contribution is 8.01. The second-order valence-corrected chi connectivity index (χ2v) is 7.88. The zero-order chi connectivity index (χ0) is 16.9. The van der Waals surface area contributed by atoms with Crippen LogP contribution in [-0.4, -0.2) is 37.6 Å². The Morgan fingerprint density at radius 1 is 1.42 bits per heavy atom. The van der Waals surface area contributed by atoms with Crippen molar-refractivity contribution in [1.82, 2.24) is 20.2 Å². The normalized spacial score (nSPS) is 10.7. The lowest BCUT2D eigenvalue weighted by atomic mass is 10.2. The van der Waals surface area contributed by atoms with Crippen LogP contribution in [0.5, 0.6) is 0 Å². The van der Waals surface area contributed by atoms with Gasteiger partial charge in [-0.1, -0.05) is 40.9 Å². The Bertz CT molecular complexity index is 913. The van der Waals surface area contributed by atoms with Crippen LogP contribution in [0, 0.1) is 18.3 Å². The fourth-order valence-corrected chi connectivity index (χ4v) is 3.98. The van der Waals surface area contributed by atoms with E-state index in [1.807, 2.05) is 31.2 Å². The van der Waals surface area contributed by atoms with Gasteiger partial charge in [0.1, 0.15) is 0 Å². The van der Waals surface area contributed by atoms with Crippen molar-refractivity contribution >= 4 is 56.9 Å². The number of thioether (sulfide) groups is 2. The maximum absolute atomic E-state index is 12.0. The molecule has 7 nitrogen and oxygen atoms in total. The zero-order valence-corrected chi connectivity index (χ0v) is 15.0. The Balaban J connectivity index is 1.54. The molecule has 0 saturated carbocycles. The molecule has 0 radical (unpaired) electrons. The van der Waals surface area contributed by atoms with E-state index in [9.17, 15) is 4.79 Å². The number of hydrogen-bond donors (Lipinski definition) is 2. The fourth-order valence-electron chi connectivity index (χ4n) is 1.87. The number of imidazole rings is 1. The number of nitrogens with zero attached hydrogens (tertiary/aromatic N) is 4. The van der Waals surface area contributed by atoms with Crippen LogP contribution in [0.4, 0.5) is 5.13 Å². The van der Waals surface area contributed by atoms with Crippen LogP contribution in [0.3, 0.4) is 0 Å². The van der Waals surface area contributed by atoms with Gasteiger partial charge in [-0.3, -0.25) is 10.1 Å². The zero-order valence-electron chi connectivity index (χ0n) is 12.6. The Kier molecular flexibility index (Phi) is 5.34. The molecule has 0 aliphatic rings. The largest absolute Gasteiger partial charge is 0.333 e. The van der Waals surface area contributed by atoms with E-state index in [1.165, 1.54) is 34.9 Å². The van der Waals surface area contributed by atoms with E-state index >= 15 is 0 Å². The first-order chi connectivity index (χ1) is 11.6. The first kappa shape index (κ1) is 16.8. The maximum atomic E-state index is 12.0. The molecule has 3 rings (SSSR count). The molecule has 0 unspecified atom stereocenters. The number of aromatic nitrogens is 4. The van der Waals surface area contributed by atoms with Crippen molar-refractivity contribution in [1.29, 1.82) is 5.26 Å². The number of H-pyrrole nitrogens is 1. The van der Waals surface area contributed by atoms with Gasteiger partial charge >= 0.3 is 0 Å². The molecule has 2 aromatic heterocycles. The second kappa shape index (κ2) is 7.65. The first-order valence-corrected chi connectivity index (χ1v) is 9.65. The number of carbonyl (C=O) groups excluding carboxylic acids is 1. The number of hydrogen-bond acceptors (Lipinski definition) is 8. The summed E-state index contributed by atoms with van der Waals surface area (Å²) in [5, 5.41) is 20.1. The van der Waals surface area contributed by atoms with Crippen LogP contribution in [0.15, 0.2) is 27.7 Å². The number of rotatable bonds is 6. The molecule has 24 heavy (non-hydrogen) atoms. The van der Waals surface area contributed by atoms with Gasteiger partial charge in [-0.2, -0.15) is 5.26 Å². The summed E-state index contributed by atoms with van der Waals surface area (Å²) in [6.07, 6.45) is 0. The number of amides is 1. The number of aromatic amines is 1. The van der Waals surface area contributed by atoms with Crippen LogP contribution in [0.2, 0.25) is 0 Å². The Morgan fingerprint density at radius 2 is 2.29 bits per heavy atom. The number of benzene rings is 1. The minimum absolute atomic E-state index is 0.176. The number of nitrogens with one attached hydrogen (secondary N) is 2. The highest BCUT2D eigenvalue weighted by Crippen LogP contribution is 2.25. The lowest BCUT2D eigenvalue weighted by Gasteiger charge is -1.98. The SMILES string of the molecule is Cc1ccc2nc(SCC(=O)Nc3nnc(SCC#N)s3)[nH]c2c1. The lowest BCUT2D eigenvalue weighted by Crippen LogP contribution is -2.13. The third kappa shape index (κ3) is 4.25. The fraction of sp³-hybridized carbons (Fsp3) is 0.214. The summed E-state index contributed by atoms with van der Waals surface area (Å²) in [4.78, 5) is 19.6. The number of aryl methyl sites for hydroxylation is 1. The molecular formula is C14H12N6OS3. The molecule has 0 aliphatic heterocycles. The number of carbonyl (C=O) groups is 1. The number of fused-ring (bicyclic) bond motifs is 1. The van der Waals surface area contributed by atoms with Gasteiger partial charge in [-0.05, 0) is 24.6 Å². The van der Waals surface area contributed by atoms with Crippen LogP contribution >= 0.6 is 34.9 Å². The molecule has 0 atom stereocenters. The minimum Gasteiger partial charge on any atom is -0.333 e. The van der Waals surface area contributed by atoms with Gasteiger partial charge in [0, 0.05) is 0 Å². The summed E-state index contributed by atoms with van der Waals surface area (Å²) in [5.74, 6) is 0.354. The Hall–Kier alpha value is -2.09. The molecule has 1 amide bonds. The summed E-state index contributed by atoms with van der Waals surface area (Å²) in [5.41, 5.74) is 3.00. The average Bonchev–Trinajstić information content (AvgIpc) is 3.16. The predicted octanol–water partition coefficient (Wildman–Crippen LogP) is 3.07. The molecule has 2 heterocycles. The molecule has 3 aromatic rings. The number of nitriles is 1. The van der Waals surface area contributed by atoms with Gasteiger partial charge in [0.2, 0.25) is 11.0 Å². The van der Waals surface area contributed by atoms with Gasteiger partial charge in [-0.15, -0.1) is 10.2 Å². The van der Waals surface area contributed by atoms with Crippen LogP contribution < -0.4 is 5.32 Å². The Labute approximate surface area is 150 Å². The van der Waals surface area contributed by atoms with Crippen LogP contribution in [-0.2, 0) is 4.79 Å². The van der Waals surface area contributed by atoms with Crippen molar-refractivity contribution < 1.29 is 4.79 Å². The van der Waals surface area contributed by atoms with Crippen molar-refractivity contribution in [3.8, 4) is 6.07 Å². The molecule has 0 fully saturated rings. The molecule has 10 heteroatoms. The van der Waals surface area contributed by atoms with E-state index in [4.69, 9.17) is 5.26 Å². The molecule has 0 saturated heterocycles. The van der Waals surface area contributed by atoms with Gasteiger partial charge in [-0.25, -0.2) is 4.98 Å². The molecule has 0 bridgehead atoms. The van der Waals surface area contributed by atoms with Crippen molar-refractivity contribution in [2.45, 2.75) is 16.4 Å². The molecule has 2 N–H and O–H groups in total. The number of anilines is 1. The topological polar surface area (TPSA) is 107 Å². The minimum atomic E-state index is -0.176. The van der Waals surface area contributed by atoms with Crippen LogP contribution in [0.1, 0.15) is 5.56 Å². The summed E-state index contributed by atoms with van der Waals surface area (Å²) in [6.45, 7) is 2.02. The highest BCUT2D eigenvalue weighted by Gasteiger charge is 2.11. The molecule has 0 aliphatic carbocycles. The summed E-state index contributed by atoms with van der Waals surface area (Å²) < 4.78 is 0.659. The van der Waals surface area contributed by atoms with E-state index in [2.05, 4.69) is 25.5 Å². The van der Waals surface area contributed by atoms with Crippen molar-refractivity contribution in [2.24, 2.45) is 0 Å². The maximum Gasteiger partial charge on any atom is 0.236 e. The van der Waals surface area contributed by atoms with E-state index in [0.717, 1.165) is 16.6 Å². The van der Waals surface area contributed by atoms with E-state index < -0.39 is 0 Å². The van der Waals surface area contributed by atoms with Gasteiger partial charge in [0.05, 0.1) is 28.6 Å². The summed E-state index contributed by atoms with van der Waals surface area (Å²) >= 11 is 3.88. The van der Waals surface area contributed by atoms with Gasteiger partial charge in [0.25, 0.3) is 0 Å². The molecule has 0 spiro atoms. The second-order valence-electron chi connectivity index (χ2n) is 4.72. The molecule has 122 valence electrons.